The van der Waals surface area contributed by atoms with Gasteiger partial charge in [0.2, 0.25) is 5.91 Å². The monoisotopic (exact) mass is 517 g/mol. The Labute approximate surface area is 213 Å². The smallest absolute Gasteiger partial charge is 0.236 e. The minimum absolute atomic E-state index is 0.0603. The van der Waals surface area contributed by atoms with Crippen molar-refractivity contribution in [3.8, 4) is 0 Å². The Bertz CT molecular complexity index is 1170. The van der Waals surface area contributed by atoms with E-state index in [2.05, 4.69) is 10.6 Å². The van der Waals surface area contributed by atoms with E-state index in [0.29, 0.717) is 38.2 Å². The van der Waals surface area contributed by atoms with Crippen LogP contribution in [0, 0.1) is 5.82 Å². The van der Waals surface area contributed by atoms with Gasteiger partial charge in [0, 0.05) is 45.4 Å². The molecule has 4 rings (SSSR count). The van der Waals surface area contributed by atoms with Gasteiger partial charge in [0.15, 0.2) is 9.84 Å². The molecule has 0 radical (unpaired) electrons. The van der Waals surface area contributed by atoms with Gasteiger partial charge in [-0.25, -0.2) is 12.8 Å². The molecule has 196 valence electrons. The number of halogens is 1. The lowest BCUT2D eigenvalue weighted by Crippen LogP contribution is -2.53. The van der Waals surface area contributed by atoms with E-state index >= 15 is 4.39 Å². The fourth-order valence-corrected chi connectivity index (χ4v) is 7.59. The normalized spacial score (nSPS) is 25.3. The average molecular weight is 518 g/mol. The molecule has 1 amide bonds. The Morgan fingerprint density at radius 2 is 1.86 bits per heavy atom. The lowest BCUT2D eigenvalue weighted by Gasteiger charge is -2.39. The van der Waals surface area contributed by atoms with Crippen LogP contribution in [0.4, 0.5) is 4.39 Å². The molecule has 2 saturated heterocycles. The van der Waals surface area contributed by atoms with Gasteiger partial charge in [0.05, 0.1) is 17.0 Å². The summed E-state index contributed by atoms with van der Waals surface area (Å²) in [4.78, 5) is 13.7. The van der Waals surface area contributed by atoms with Crippen molar-refractivity contribution in [1.29, 1.82) is 0 Å². The van der Waals surface area contributed by atoms with E-state index in [1.165, 1.54) is 11.0 Å². The highest BCUT2D eigenvalue weighted by Gasteiger charge is 2.43. The number of carbonyl (C=O) groups excluding carboxylic acids is 1. The Kier molecular flexibility index (Phi) is 8.14. The highest BCUT2D eigenvalue weighted by atomic mass is 32.2. The number of carbonyl (C=O) groups is 1. The zero-order valence-electron chi connectivity index (χ0n) is 21.2. The van der Waals surface area contributed by atoms with Gasteiger partial charge < -0.3 is 15.0 Å². The third-order valence-corrected chi connectivity index (χ3v) is 10.3. The van der Waals surface area contributed by atoms with Crippen molar-refractivity contribution in [1.82, 2.24) is 15.5 Å². The van der Waals surface area contributed by atoms with Gasteiger partial charge in [0.25, 0.3) is 0 Å². The molecule has 9 heteroatoms. The van der Waals surface area contributed by atoms with Gasteiger partial charge in [-0.15, -0.1) is 0 Å². The first-order chi connectivity index (χ1) is 17.1. The van der Waals surface area contributed by atoms with Crippen LogP contribution < -0.4 is 10.6 Å². The molecule has 36 heavy (non-hydrogen) atoms. The van der Waals surface area contributed by atoms with Gasteiger partial charge in [-0.1, -0.05) is 42.5 Å². The summed E-state index contributed by atoms with van der Waals surface area (Å²) < 4.78 is 48.2. The third kappa shape index (κ3) is 5.49. The predicted octanol–water partition coefficient (Wildman–Crippen LogP) is 2.57. The number of likely N-dealkylation sites (N-methyl/N-ethyl adjacent to an activating group) is 1. The Hall–Kier alpha value is -2.33. The van der Waals surface area contributed by atoms with E-state index in [9.17, 15) is 13.2 Å². The van der Waals surface area contributed by atoms with Crippen molar-refractivity contribution in [2.75, 3.05) is 40.4 Å². The van der Waals surface area contributed by atoms with Crippen LogP contribution in [-0.2, 0) is 31.3 Å². The molecule has 0 aromatic heterocycles. The van der Waals surface area contributed by atoms with E-state index < -0.39 is 31.7 Å². The Morgan fingerprint density at radius 3 is 2.50 bits per heavy atom. The van der Waals surface area contributed by atoms with Crippen molar-refractivity contribution in [2.24, 2.45) is 0 Å². The molecule has 2 aliphatic heterocycles. The van der Waals surface area contributed by atoms with Gasteiger partial charge >= 0.3 is 0 Å². The van der Waals surface area contributed by atoms with E-state index in [1.54, 1.807) is 20.2 Å². The van der Waals surface area contributed by atoms with Crippen molar-refractivity contribution in [3.63, 3.8) is 0 Å². The van der Waals surface area contributed by atoms with Crippen LogP contribution in [-0.4, -0.2) is 70.9 Å². The Balaban J connectivity index is 1.58. The van der Waals surface area contributed by atoms with Crippen LogP contribution in [0.1, 0.15) is 41.7 Å². The number of hydrogen-bond acceptors (Lipinski definition) is 6. The molecule has 2 fully saturated rings. The van der Waals surface area contributed by atoms with Crippen molar-refractivity contribution < 1.29 is 22.3 Å². The third-order valence-electron chi connectivity index (χ3n) is 7.62. The fourth-order valence-electron chi connectivity index (χ4n) is 5.22. The number of rotatable bonds is 7. The van der Waals surface area contributed by atoms with E-state index in [4.69, 9.17) is 4.74 Å². The maximum Gasteiger partial charge on any atom is 0.236 e. The minimum Gasteiger partial charge on any atom is -0.381 e. The molecule has 2 aromatic carbocycles. The second kappa shape index (κ2) is 11.0. The first-order valence-electron chi connectivity index (χ1n) is 12.5. The number of amides is 1. The fraction of sp³-hybridized carbons (Fsp3) is 0.519. The second-order valence-corrected chi connectivity index (χ2v) is 12.4. The number of sulfone groups is 1. The molecule has 7 nitrogen and oxygen atoms in total. The molecule has 2 aromatic rings. The summed E-state index contributed by atoms with van der Waals surface area (Å²) in [5.41, 5.74) is 1.30. The number of nitrogens with zero attached hydrogens (tertiary/aromatic N) is 1. The summed E-state index contributed by atoms with van der Waals surface area (Å²) in [7, 11) is -0.149. The van der Waals surface area contributed by atoms with Crippen LogP contribution in [0.25, 0.3) is 0 Å². The largest absolute Gasteiger partial charge is 0.381 e. The van der Waals surface area contributed by atoms with E-state index in [1.807, 2.05) is 43.3 Å². The molecule has 1 unspecified atom stereocenters. The van der Waals surface area contributed by atoms with Gasteiger partial charge in [-0.2, -0.15) is 0 Å². The second-order valence-electron chi connectivity index (χ2n) is 10.1. The Morgan fingerprint density at radius 1 is 1.17 bits per heavy atom. The number of benzene rings is 2. The molecule has 0 aliphatic carbocycles. The molecular formula is C27H36FN3O4S. The molecule has 0 saturated carbocycles. The summed E-state index contributed by atoms with van der Waals surface area (Å²) in [5.74, 6) is -0.488. The lowest BCUT2D eigenvalue weighted by atomic mass is 9.82. The van der Waals surface area contributed by atoms with Crippen LogP contribution in [0.5, 0.6) is 0 Å². The van der Waals surface area contributed by atoms with Crippen molar-refractivity contribution >= 4 is 15.7 Å². The van der Waals surface area contributed by atoms with Gasteiger partial charge in [-0.3, -0.25) is 10.1 Å². The molecule has 3 atom stereocenters. The zero-order chi connectivity index (χ0) is 25.9. The standard InChI is InChI=1S/C27H36FN3O4S/c1-19-24(36(33,34)25(17-29-19)20-7-5-4-6-8-20)15-21-9-10-22(16-23(21)28)27(11-13-35-14-12-27)30-18-26(32)31(2)3/h4-10,16,19,24-25,29-30H,11-15,17-18H2,1-3H3/t19-,24?,25-/m0/s1. The molecule has 2 heterocycles. The first-order valence-corrected chi connectivity index (χ1v) is 14.1. The number of nitrogens with one attached hydrogen (secondary N) is 2. The maximum absolute atomic E-state index is 15.5. The average Bonchev–Trinajstić information content (AvgIpc) is 2.86. The quantitative estimate of drug-likeness (QED) is 0.587. The summed E-state index contributed by atoms with van der Waals surface area (Å²) in [6, 6.07) is 13.9. The number of ether oxygens (including phenoxy) is 1. The van der Waals surface area contributed by atoms with Crippen LogP contribution in [0.2, 0.25) is 0 Å². The minimum atomic E-state index is -3.55. The lowest BCUT2D eigenvalue weighted by molar-refractivity contribution is -0.128. The topological polar surface area (TPSA) is 87.7 Å². The first kappa shape index (κ1) is 26.7. The maximum atomic E-state index is 15.5. The molecular weight excluding hydrogens is 481 g/mol. The van der Waals surface area contributed by atoms with Crippen LogP contribution in [0.15, 0.2) is 48.5 Å². The van der Waals surface area contributed by atoms with Gasteiger partial charge in [0.1, 0.15) is 5.82 Å². The van der Waals surface area contributed by atoms with E-state index in [0.717, 1.165) is 11.1 Å². The summed E-state index contributed by atoms with van der Waals surface area (Å²) >= 11 is 0. The summed E-state index contributed by atoms with van der Waals surface area (Å²) in [6.45, 7) is 3.35. The van der Waals surface area contributed by atoms with Crippen molar-refractivity contribution in [3.05, 3.63) is 71.0 Å². The highest BCUT2D eigenvalue weighted by Crippen LogP contribution is 2.35. The van der Waals surface area contributed by atoms with Crippen LogP contribution >= 0.6 is 0 Å². The highest BCUT2D eigenvalue weighted by molar-refractivity contribution is 7.92. The molecule has 0 spiro atoms. The van der Waals surface area contributed by atoms with Gasteiger partial charge in [-0.05, 0) is 48.9 Å². The van der Waals surface area contributed by atoms with Crippen LogP contribution in [0.3, 0.4) is 0 Å². The zero-order valence-corrected chi connectivity index (χ0v) is 22.0. The van der Waals surface area contributed by atoms with Crippen molar-refractivity contribution in [2.45, 2.75) is 48.3 Å². The van der Waals surface area contributed by atoms with E-state index in [-0.39, 0.29) is 24.9 Å². The predicted molar refractivity (Wildman–Crippen MR) is 138 cm³/mol. The molecule has 2 aliphatic rings. The summed E-state index contributed by atoms with van der Waals surface area (Å²) in [6.07, 6.45) is 1.32. The molecule has 0 bridgehead atoms. The SMILES string of the molecule is C[C@@H]1NC[C@@H](c2ccccc2)S(=O)(=O)C1Cc1ccc(C2(NCC(=O)N(C)C)CCOCC2)cc1F. The molecule has 2 N–H and O–H groups in total. The summed E-state index contributed by atoms with van der Waals surface area (Å²) in [5, 5.41) is 5.27. The number of hydrogen-bond donors (Lipinski definition) is 2.